The van der Waals surface area contributed by atoms with E-state index in [0.29, 0.717) is 37.7 Å². The number of carbonyl (C=O) groups excluding carboxylic acids is 1. The number of nitrogens with zero attached hydrogens (tertiary/aromatic N) is 6. The van der Waals surface area contributed by atoms with Crippen molar-refractivity contribution < 1.29 is 9.72 Å². The van der Waals surface area contributed by atoms with Crippen LogP contribution < -0.4 is 4.90 Å². The second-order valence-corrected chi connectivity index (χ2v) is 6.90. The number of pyridine rings is 1. The molecule has 0 aromatic carbocycles. The summed E-state index contributed by atoms with van der Waals surface area (Å²) in [6.07, 6.45) is 3.04. The number of imidazole rings is 1. The Balaban J connectivity index is 1.42. The van der Waals surface area contributed by atoms with E-state index in [4.69, 9.17) is 0 Å². The van der Waals surface area contributed by atoms with E-state index in [-0.39, 0.29) is 11.6 Å². The summed E-state index contributed by atoms with van der Waals surface area (Å²) in [6, 6.07) is 3.09. The molecule has 4 heterocycles. The molecule has 0 bridgehead atoms. The molecule has 3 aromatic heterocycles. The van der Waals surface area contributed by atoms with E-state index in [1.165, 1.54) is 23.6 Å². The topological polar surface area (TPSA) is 96.9 Å². The Labute approximate surface area is 152 Å². The number of hydrogen-bond acceptors (Lipinski definition) is 7. The number of fused-ring (bicyclic) bond motifs is 1. The molecule has 134 valence electrons. The fraction of sp³-hybridized carbons (Fsp3) is 0.312. The van der Waals surface area contributed by atoms with Gasteiger partial charge in [0.1, 0.15) is 17.7 Å². The third-order valence-electron chi connectivity index (χ3n) is 4.44. The van der Waals surface area contributed by atoms with Gasteiger partial charge >= 0.3 is 0 Å². The first-order chi connectivity index (χ1) is 12.5. The Morgan fingerprint density at radius 1 is 1.27 bits per heavy atom. The number of amides is 1. The van der Waals surface area contributed by atoms with Gasteiger partial charge in [-0.25, -0.2) is 9.97 Å². The second-order valence-electron chi connectivity index (χ2n) is 6.07. The monoisotopic (exact) mass is 372 g/mol. The highest BCUT2D eigenvalue weighted by molar-refractivity contribution is 7.15. The van der Waals surface area contributed by atoms with Crippen LogP contribution in [-0.2, 0) is 0 Å². The molecule has 0 atom stereocenters. The molecule has 1 aliphatic heterocycles. The molecule has 10 heteroatoms. The van der Waals surface area contributed by atoms with Crippen LogP contribution in [0.15, 0.2) is 29.9 Å². The van der Waals surface area contributed by atoms with Crippen molar-refractivity contribution in [1.82, 2.24) is 19.3 Å². The summed E-state index contributed by atoms with van der Waals surface area (Å²) in [7, 11) is 0. The average molecular weight is 372 g/mol. The van der Waals surface area contributed by atoms with Crippen molar-refractivity contribution in [2.75, 3.05) is 31.1 Å². The predicted octanol–water partition coefficient (Wildman–Crippen LogP) is 1.97. The highest BCUT2D eigenvalue weighted by Crippen LogP contribution is 2.20. The fourth-order valence-electron chi connectivity index (χ4n) is 2.97. The van der Waals surface area contributed by atoms with Gasteiger partial charge < -0.3 is 9.80 Å². The maximum Gasteiger partial charge on any atom is 0.287 e. The van der Waals surface area contributed by atoms with E-state index in [0.717, 1.165) is 10.7 Å². The summed E-state index contributed by atoms with van der Waals surface area (Å²) >= 11 is 1.52. The van der Waals surface area contributed by atoms with Crippen LogP contribution >= 0.6 is 11.3 Å². The van der Waals surface area contributed by atoms with Crippen LogP contribution in [0.4, 0.5) is 11.5 Å². The maximum absolute atomic E-state index is 12.7. The molecule has 3 aromatic rings. The Kier molecular flexibility index (Phi) is 4.03. The zero-order chi connectivity index (χ0) is 18.3. The van der Waals surface area contributed by atoms with E-state index < -0.39 is 4.92 Å². The minimum Gasteiger partial charge on any atom is -0.353 e. The summed E-state index contributed by atoms with van der Waals surface area (Å²) in [5.41, 5.74) is 1.49. The molecule has 0 radical (unpaired) electrons. The Morgan fingerprint density at radius 2 is 2.04 bits per heavy atom. The molecular formula is C16H16N6O3S. The summed E-state index contributed by atoms with van der Waals surface area (Å²) in [5.74, 6) is 0.609. The molecule has 1 amide bonds. The SMILES string of the molecule is Cc1csc2nc(C(=O)N3CCN(c4ccc([N+](=O)[O-])cn4)CC3)cn12. The number of hydrogen-bond donors (Lipinski definition) is 0. The standard InChI is InChI=1S/C16H16N6O3S/c1-11-10-26-16-18-13(9-21(11)16)15(23)20-6-4-19(5-7-20)14-3-2-12(8-17-14)22(24)25/h2-3,8-10H,4-7H2,1H3. The number of thiazole rings is 1. The third-order valence-corrected chi connectivity index (χ3v) is 5.40. The summed E-state index contributed by atoms with van der Waals surface area (Å²) in [6.45, 7) is 4.34. The molecule has 1 aliphatic rings. The van der Waals surface area contributed by atoms with Crippen LogP contribution in [0.25, 0.3) is 4.96 Å². The van der Waals surface area contributed by atoms with Gasteiger partial charge in [0, 0.05) is 49.5 Å². The normalized spacial score (nSPS) is 14.8. The zero-order valence-corrected chi connectivity index (χ0v) is 14.8. The van der Waals surface area contributed by atoms with Crippen molar-refractivity contribution in [3.8, 4) is 0 Å². The highest BCUT2D eigenvalue weighted by Gasteiger charge is 2.25. The Morgan fingerprint density at radius 3 is 2.65 bits per heavy atom. The van der Waals surface area contributed by atoms with E-state index in [2.05, 4.69) is 9.97 Å². The van der Waals surface area contributed by atoms with Gasteiger partial charge in [0.05, 0.1) is 4.92 Å². The molecule has 0 spiro atoms. The molecule has 0 aliphatic carbocycles. The highest BCUT2D eigenvalue weighted by atomic mass is 32.1. The lowest BCUT2D eigenvalue weighted by Gasteiger charge is -2.35. The van der Waals surface area contributed by atoms with Crippen LogP contribution in [0, 0.1) is 17.0 Å². The molecule has 9 nitrogen and oxygen atoms in total. The van der Waals surface area contributed by atoms with E-state index in [9.17, 15) is 14.9 Å². The van der Waals surface area contributed by atoms with Gasteiger partial charge in [-0.3, -0.25) is 19.3 Å². The molecule has 0 N–H and O–H groups in total. The largest absolute Gasteiger partial charge is 0.353 e. The predicted molar refractivity (Wildman–Crippen MR) is 96.8 cm³/mol. The molecule has 1 fully saturated rings. The van der Waals surface area contributed by atoms with Crippen LogP contribution in [0.1, 0.15) is 16.2 Å². The van der Waals surface area contributed by atoms with Crippen molar-refractivity contribution in [1.29, 1.82) is 0 Å². The number of carbonyl (C=O) groups is 1. The van der Waals surface area contributed by atoms with Gasteiger partial charge in [-0.05, 0) is 13.0 Å². The quantitative estimate of drug-likeness (QED) is 0.515. The van der Waals surface area contributed by atoms with Crippen molar-refractivity contribution in [2.24, 2.45) is 0 Å². The smallest absolute Gasteiger partial charge is 0.287 e. The van der Waals surface area contributed by atoms with E-state index in [1.807, 2.05) is 21.6 Å². The van der Waals surface area contributed by atoms with Crippen LogP contribution in [0.2, 0.25) is 0 Å². The zero-order valence-electron chi connectivity index (χ0n) is 14.0. The van der Waals surface area contributed by atoms with Gasteiger partial charge in [-0.2, -0.15) is 0 Å². The lowest BCUT2D eigenvalue weighted by atomic mass is 10.2. The van der Waals surface area contributed by atoms with Crippen molar-refractivity contribution in [2.45, 2.75) is 6.92 Å². The molecule has 1 saturated heterocycles. The lowest BCUT2D eigenvalue weighted by molar-refractivity contribution is -0.385. The molecular weight excluding hydrogens is 356 g/mol. The number of piperazine rings is 1. The maximum atomic E-state index is 12.7. The van der Waals surface area contributed by atoms with Crippen molar-refractivity contribution >= 4 is 33.7 Å². The fourth-order valence-corrected chi connectivity index (χ4v) is 3.82. The minimum absolute atomic E-state index is 0.0300. The number of rotatable bonds is 3. The first-order valence-corrected chi connectivity index (χ1v) is 8.99. The lowest BCUT2D eigenvalue weighted by Crippen LogP contribution is -2.49. The molecule has 0 saturated carbocycles. The molecule has 26 heavy (non-hydrogen) atoms. The summed E-state index contributed by atoms with van der Waals surface area (Å²) < 4.78 is 1.93. The van der Waals surface area contributed by atoms with Crippen LogP contribution in [0.3, 0.4) is 0 Å². The first kappa shape index (κ1) is 16.5. The first-order valence-electron chi connectivity index (χ1n) is 8.11. The third kappa shape index (κ3) is 2.88. The van der Waals surface area contributed by atoms with Crippen LogP contribution in [0.5, 0.6) is 0 Å². The van der Waals surface area contributed by atoms with Crippen molar-refractivity contribution in [3.05, 3.63) is 51.4 Å². The molecule has 4 rings (SSSR count). The van der Waals surface area contributed by atoms with E-state index >= 15 is 0 Å². The summed E-state index contributed by atoms with van der Waals surface area (Å²) in [4.78, 5) is 36.1. The van der Waals surface area contributed by atoms with Gasteiger partial charge in [0.15, 0.2) is 4.96 Å². The van der Waals surface area contributed by atoms with Gasteiger partial charge in [-0.15, -0.1) is 11.3 Å². The number of aryl methyl sites for hydroxylation is 1. The number of anilines is 1. The number of aromatic nitrogens is 3. The van der Waals surface area contributed by atoms with Gasteiger partial charge in [-0.1, -0.05) is 0 Å². The van der Waals surface area contributed by atoms with Crippen LogP contribution in [-0.4, -0.2) is 56.3 Å². The second kappa shape index (κ2) is 6.37. The minimum atomic E-state index is -0.467. The molecule has 0 unspecified atom stereocenters. The van der Waals surface area contributed by atoms with Crippen molar-refractivity contribution in [3.63, 3.8) is 0 Å². The van der Waals surface area contributed by atoms with Gasteiger partial charge in [0.2, 0.25) is 0 Å². The summed E-state index contributed by atoms with van der Waals surface area (Å²) in [5, 5.41) is 12.7. The van der Waals surface area contributed by atoms with E-state index in [1.54, 1.807) is 17.2 Å². The number of nitro groups is 1. The Bertz CT molecular complexity index is 972. The Hall–Kier alpha value is -3.01. The average Bonchev–Trinajstić information content (AvgIpc) is 3.24. The van der Waals surface area contributed by atoms with Gasteiger partial charge in [0.25, 0.3) is 11.6 Å².